The molecule has 0 unspecified atom stereocenters. The van der Waals surface area contributed by atoms with Crippen molar-refractivity contribution in [2.24, 2.45) is 0 Å². The van der Waals surface area contributed by atoms with Crippen molar-refractivity contribution in [1.82, 2.24) is 9.97 Å². The second-order valence-electron chi connectivity index (χ2n) is 3.17. The van der Waals surface area contributed by atoms with Crippen molar-refractivity contribution in [3.05, 3.63) is 40.8 Å². The van der Waals surface area contributed by atoms with Crippen molar-refractivity contribution in [2.75, 3.05) is 5.32 Å². The molecule has 0 aliphatic carbocycles. The van der Waals surface area contributed by atoms with Crippen LogP contribution in [0.2, 0.25) is 10.3 Å². The first-order valence-corrected chi connectivity index (χ1v) is 5.60. The summed E-state index contributed by atoms with van der Waals surface area (Å²) in [7, 11) is 0. The van der Waals surface area contributed by atoms with Crippen molar-refractivity contribution in [1.29, 1.82) is 0 Å². The number of benzene rings is 1. The topological polar surface area (TPSA) is 64.1 Å². The predicted octanol–water partition coefficient (Wildman–Crippen LogP) is 3.48. The van der Waals surface area contributed by atoms with Gasteiger partial charge in [-0.05, 0) is 23.7 Å². The summed E-state index contributed by atoms with van der Waals surface area (Å²) < 4.78 is 4.82. The summed E-state index contributed by atoms with van der Waals surface area (Å²) in [6.07, 6.45) is 1.38. The van der Waals surface area contributed by atoms with Gasteiger partial charge in [-0.1, -0.05) is 23.7 Å². The Morgan fingerprint density at radius 3 is 2.74 bits per heavy atom. The molecule has 0 aliphatic heterocycles. The summed E-state index contributed by atoms with van der Waals surface area (Å²) in [5, 5.41) is 3.29. The minimum absolute atomic E-state index is 0. The average Bonchev–Trinajstić information content (AvgIpc) is 2.36. The molecule has 1 N–H and O–H groups in total. The molecule has 2 rings (SSSR count). The number of carbonyl (C=O) groups excluding carboxylic acids is 1. The maximum Gasteiger partial charge on any atom is 0.298 e. The van der Waals surface area contributed by atoms with Gasteiger partial charge in [0.1, 0.15) is 5.02 Å². The van der Waals surface area contributed by atoms with E-state index in [0.717, 1.165) is 0 Å². The van der Waals surface area contributed by atoms with E-state index < -0.39 is 0 Å². The molecule has 0 spiro atoms. The molecule has 0 amide bonds. The Bertz CT molecular complexity index is 581. The molecule has 0 bridgehead atoms. The minimum Gasteiger partial charge on any atom is -0.427 e. The summed E-state index contributed by atoms with van der Waals surface area (Å²) in [4.78, 5) is 18.0. The number of nitrogens with zero attached hydrogens (tertiary/aromatic N) is 2. The van der Waals surface area contributed by atoms with Crippen LogP contribution < -0.4 is 10.1 Å². The first-order chi connectivity index (χ1) is 8.70. The van der Waals surface area contributed by atoms with Gasteiger partial charge in [-0.3, -0.25) is 4.79 Å². The van der Waals surface area contributed by atoms with Crippen LogP contribution in [0, 0.1) is 0 Å². The van der Waals surface area contributed by atoms with Crippen molar-refractivity contribution in [2.45, 2.75) is 0 Å². The van der Waals surface area contributed by atoms with Crippen LogP contribution in [0.1, 0.15) is 0 Å². The zero-order chi connectivity index (χ0) is 13.0. The molecule has 100 valence electrons. The molecule has 0 fully saturated rings. The fourth-order valence-electron chi connectivity index (χ4n) is 1.29. The van der Waals surface area contributed by atoms with E-state index in [2.05, 4.69) is 15.3 Å². The lowest BCUT2D eigenvalue weighted by Gasteiger charge is -2.10. The van der Waals surface area contributed by atoms with Gasteiger partial charge in [0, 0.05) is 0 Å². The molecule has 2 aromatic rings. The molecule has 8 heteroatoms. The fourth-order valence-corrected chi connectivity index (χ4v) is 1.56. The second-order valence-corrected chi connectivity index (χ2v) is 3.92. The number of carbonyl (C=O) groups is 1. The number of anilines is 2. The first kappa shape index (κ1) is 15.5. The monoisotopic (exact) mass is 319 g/mol. The Labute approximate surface area is 125 Å². The van der Waals surface area contributed by atoms with E-state index in [1.807, 2.05) is 0 Å². The zero-order valence-electron chi connectivity index (χ0n) is 9.34. The van der Waals surface area contributed by atoms with Gasteiger partial charge < -0.3 is 10.1 Å². The highest BCUT2D eigenvalue weighted by Gasteiger charge is 2.08. The Balaban J connectivity index is 0.00000180. The molecule has 0 atom stereocenters. The maximum atomic E-state index is 10.4. The van der Waals surface area contributed by atoms with Crippen LogP contribution in [0.4, 0.5) is 11.5 Å². The quantitative estimate of drug-likeness (QED) is 0.690. The number of nitrogens with one attached hydrogen (secondary N) is 1. The molecular formula is C11H8Cl3N3O2. The molecular weight excluding hydrogens is 312 g/mol. The van der Waals surface area contributed by atoms with Gasteiger partial charge in [-0.2, -0.15) is 4.98 Å². The zero-order valence-corrected chi connectivity index (χ0v) is 11.7. The summed E-state index contributed by atoms with van der Waals surface area (Å²) in [5.74, 6) is 0.692. The van der Waals surface area contributed by atoms with Gasteiger partial charge in [-0.25, -0.2) is 4.98 Å². The highest BCUT2D eigenvalue weighted by molar-refractivity contribution is 6.33. The lowest BCUT2D eigenvalue weighted by atomic mass is 10.3. The summed E-state index contributed by atoms with van der Waals surface area (Å²) >= 11 is 11.6. The van der Waals surface area contributed by atoms with Crippen LogP contribution in [0.5, 0.6) is 5.75 Å². The van der Waals surface area contributed by atoms with Crippen LogP contribution in [0.15, 0.2) is 30.5 Å². The number of hydrogen-bond donors (Lipinski definition) is 1. The van der Waals surface area contributed by atoms with E-state index in [4.69, 9.17) is 27.9 Å². The van der Waals surface area contributed by atoms with E-state index in [-0.39, 0.29) is 17.7 Å². The van der Waals surface area contributed by atoms with Gasteiger partial charge in [0.05, 0.1) is 11.9 Å². The summed E-state index contributed by atoms with van der Waals surface area (Å²) in [5.41, 5.74) is 0.543. The number of hydrogen-bond acceptors (Lipinski definition) is 5. The highest BCUT2D eigenvalue weighted by atomic mass is 35.5. The second kappa shape index (κ2) is 7.13. The fraction of sp³-hybridized carbons (Fsp3) is 0. The van der Waals surface area contributed by atoms with Crippen molar-refractivity contribution in [3.8, 4) is 5.75 Å². The van der Waals surface area contributed by atoms with Crippen LogP contribution in [-0.2, 0) is 4.79 Å². The SMILES string of the molecule is Cl.O=COc1ccccc1Nc1nc(Cl)ncc1Cl. The highest BCUT2D eigenvalue weighted by Crippen LogP contribution is 2.29. The van der Waals surface area contributed by atoms with E-state index in [9.17, 15) is 4.79 Å². The van der Waals surface area contributed by atoms with Crippen molar-refractivity contribution in [3.63, 3.8) is 0 Å². The Hall–Kier alpha value is -1.56. The van der Waals surface area contributed by atoms with Crippen LogP contribution in [-0.4, -0.2) is 16.4 Å². The summed E-state index contributed by atoms with van der Waals surface area (Å²) in [6.45, 7) is 0.342. The van der Waals surface area contributed by atoms with Gasteiger partial charge in [0.15, 0.2) is 11.6 Å². The smallest absolute Gasteiger partial charge is 0.298 e. The van der Waals surface area contributed by atoms with E-state index in [0.29, 0.717) is 28.7 Å². The summed E-state index contributed by atoms with van der Waals surface area (Å²) in [6, 6.07) is 6.86. The third-order valence-electron chi connectivity index (χ3n) is 2.03. The van der Waals surface area contributed by atoms with Gasteiger partial charge in [-0.15, -0.1) is 12.4 Å². The molecule has 0 saturated carbocycles. The molecule has 0 saturated heterocycles. The van der Waals surface area contributed by atoms with Gasteiger partial charge >= 0.3 is 0 Å². The van der Waals surface area contributed by atoms with E-state index >= 15 is 0 Å². The molecule has 1 aromatic carbocycles. The van der Waals surface area contributed by atoms with Gasteiger partial charge in [0.25, 0.3) is 6.47 Å². The standard InChI is InChI=1S/C11H7Cl2N3O2.ClH/c12-7-5-14-11(13)16-10(7)15-8-3-1-2-4-9(8)18-6-17;/h1-6H,(H,14,15,16);1H. The third-order valence-corrected chi connectivity index (χ3v) is 2.49. The number of para-hydroxylation sites is 2. The van der Waals surface area contributed by atoms with Crippen molar-refractivity contribution >= 4 is 53.6 Å². The number of ether oxygens (including phenoxy) is 1. The molecule has 1 aromatic heterocycles. The van der Waals surface area contributed by atoms with E-state index in [1.54, 1.807) is 24.3 Å². The van der Waals surface area contributed by atoms with Crippen LogP contribution in [0.25, 0.3) is 0 Å². The van der Waals surface area contributed by atoms with Crippen molar-refractivity contribution < 1.29 is 9.53 Å². The van der Waals surface area contributed by atoms with Gasteiger partial charge in [0.2, 0.25) is 5.28 Å². The Kier molecular flexibility index (Phi) is 5.82. The maximum absolute atomic E-state index is 10.4. The Morgan fingerprint density at radius 1 is 1.26 bits per heavy atom. The number of halogens is 3. The molecule has 0 radical (unpaired) electrons. The minimum atomic E-state index is 0. The molecule has 19 heavy (non-hydrogen) atoms. The lowest BCUT2D eigenvalue weighted by molar-refractivity contribution is -0.120. The molecule has 0 aliphatic rings. The van der Waals surface area contributed by atoms with E-state index in [1.165, 1.54) is 6.20 Å². The third kappa shape index (κ3) is 3.96. The van der Waals surface area contributed by atoms with Crippen LogP contribution in [0.3, 0.4) is 0 Å². The first-order valence-electron chi connectivity index (χ1n) is 4.85. The predicted molar refractivity (Wildman–Crippen MR) is 75.7 cm³/mol. The largest absolute Gasteiger partial charge is 0.427 e. The van der Waals surface area contributed by atoms with Crippen LogP contribution >= 0.6 is 35.6 Å². The molecule has 1 heterocycles. The Morgan fingerprint density at radius 2 is 2.00 bits per heavy atom. The molecule has 5 nitrogen and oxygen atoms in total. The normalized spacial score (nSPS) is 9.37. The number of rotatable bonds is 4. The average molecular weight is 321 g/mol. The lowest BCUT2D eigenvalue weighted by Crippen LogP contribution is -1.99. The number of aromatic nitrogens is 2.